The van der Waals surface area contributed by atoms with Crippen LogP contribution >= 0.6 is 0 Å². The third kappa shape index (κ3) is 2.94. The third-order valence-electron chi connectivity index (χ3n) is 3.92. The number of aromatic nitrogens is 4. The van der Waals surface area contributed by atoms with E-state index in [1.54, 1.807) is 6.33 Å². The number of fused-ring (bicyclic) bond motifs is 3. The van der Waals surface area contributed by atoms with Crippen LogP contribution in [0.25, 0.3) is 22.1 Å². The number of benzene rings is 1. The van der Waals surface area contributed by atoms with Gasteiger partial charge in [-0.15, -0.1) is 10.2 Å². The molecule has 2 heterocycles. The monoisotopic (exact) mass is 311 g/mol. The number of rotatable bonds is 5. The minimum Gasteiger partial charge on any atom is -0.327 e. The minimum absolute atomic E-state index is 0.0311. The molecule has 0 fully saturated rings. The van der Waals surface area contributed by atoms with Crippen molar-refractivity contribution in [3.63, 3.8) is 0 Å². The number of likely N-dealkylation sites (N-methyl/N-ethyl adjacent to an activating group) is 1. The number of nitrogens with zero attached hydrogens (tertiary/aromatic N) is 5. The molecular weight excluding hydrogens is 290 g/mol. The first-order valence-electron chi connectivity index (χ1n) is 7.77. The predicted octanol–water partition coefficient (Wildman–Crippen LogP) is 2.38. The van der Waals surface area contributed by atoms with Crippen molar-refractivity contribution in [2.45, 2.75) is 20.4 Å². The van der Waals surface area contributed by atoms with Crippen LogP contribution in [-0.2, 0) is 6.54 Å². The quantitative estimate of drug-likeness (QED) is 0.677. The molecule has 0 aliphatic carbocycles. The second-order valence-electron chi connectivity index (χ2n) is 6.36. The van der Waals surface area contributed by atoms with Crippen molar-refractivity contribution in [2.24, 2.45) is 5.92 Å². The first-order valence-corrected chi connectivity index (χ1v) is 7.77. The highest BCUT2D eigenvalue weighted by Gasteiger charge is 2.15. The summed E-state index contributed by atoms with van der Waals surface area (Å²) in [5.74, 6) is 0.104. The summed E-state index contributed by atoms with van der Waals surface area (Å²) in [5.41, 5.74) is 3.05. The molecule has 3 aromatic rings. The Hall–Kier alpha value is -2.34. The summed E-state index contributed by atoms with van der Waals surface area (Å²) >= 11 is 0. The molecule has 0 bridgehead atoms. The van der Waals surface area contributed by atoms with Gasteiger partial charge in [0.25, 0.3) is 0 Å². The summed E-state index contributed by atoms with van der Waals surface area (Å²) in [7, 11) is 4.08. The fourth-order valence-electron chi connectivity index (χ4n) is 2.60. The van der Waals surface area contributed by atoms with Gasteiger partial charge in [-0.25, -0.2) is 4.98 Å². The van der Waals surface area contributed by atoms with E-state index in [0.717, 1.165) is 29.5 Å². The van der Waals surface area contributed by atoms with Crippen LogP contribution in [0.15, 0.2) is 24.5 Å². The lowest BCUT2D eigenvalue weighted by Crippen LogP contribution is -2.18. The number of carbonyl (C=O) groups excluding carboxylic acids is 1. The van der Waals surface area contributed by atoms with Gasteiger partial charge in [0, 0.05) is 30.0 Å². The fraction of sp³-hybridized carbons (Fsp3) is 0.412. The van der Waals surface area contributed by atoms with Crippen molar-refractivity contribution < 1.29 is 4.79 Å². The van der Waals surface area contributed by atoms with Gasteiger partial charge in [0.1, 0.15) is 0 Å². The molecule has 0 radical (unpaired) electrons. The smallest absolute Gasteiger partial charge is 0.200 e. The maximum absolute atomic E-state index is 12.3. The predicted molar refractivity (Wildman–Crippen MR) is 90.6 cm³/mol. The molecule has 23 heavy (non-hydrogen) atoms. The Morgan fingerprint density at radius 2 is 2.04 bits per heavy atom. The van der Waals surface area contributed by atoms with Crippen LogP contribution < -0.4 is 0 Å². The van der Waals surface area contributed by atoms with E-state index >= 15 is 0 Å². The molecule has 2 aromatic heterocycles. The highest BCUT2D eigenvalue weighted by Crippen LogP contribution is 2.23. The molecule has 0 N–H and O–H groups in total. The molecule has 0 spiro atoms. The van der Waals surface area contributed by atoms with Crippen molar-refractivity contribution in [3.8, 4) is 0 Å². The van der Waals surface area contributed by atoms with E-state index in [9.17, 15) is 4.79 Å². The van der Waals surface area contributed by atoms with Crippen LogP contribution in [0, 0.1) is 5.92 Å². The molecule has 0 saturated heterocycles. The second kappa shape index (κ2) is 6.04. The summed E-state index contributed by atoms with van der Waals surface area (Å²) in [6.07, 6.45) is 1.79. The average molecular weight is 311 g/mol. The van der Waals surface area contributed by atoms with Gasteiger partial charge in [-0.2, -0.15) is 0 Å². The molecular formula is C17H21N5O. The van der Waals surface area contributed by atoms with Crippen molar-refractivity contribution in [3.05, 3.63) is 30.1 Å². The van der Waals surface area contributed by atoms with Gasteiger partial charge in [-0.1, -0.05) is 13.8 Å². The van der Waals surface area contributed by atoms with Crippen LogP contribution in [0.3, 0.4) is 0 Å². The average Bonchev–Trinajstić information content (AvgIpc) is 2.95. The Kier molecular flexibility index (Phi) is 4.09. The van der Waals surface area contributed by atoms with Gasteiger partial charge in [0.05, 0.1) is 17.4 Å². The molecule has 0 aliphatic heterocycles. The Morgan fingerprint density at radius 3 is 2.74 bits per heavy atom. The minimum atomic E-state index is -0.0311. The topological polar surface area (TPSA) is 63.9 Å². The number of hydrogen-bond acceptors (Lipinski definition) is 5. The zero-order valence-corrected chi connectivity index (χ0v) is 13.9. The Bertz CT molecular complexity index is 866. The van der Waals surface area contributed by atoms with Gasteiger partial charge < -0.3 is 9.47 Å². The van der Waals surface area contributed by atoms with Crippen LogP contribution in [0.5, 0.6) is 0 Å². The number of Topliss-reactive ketones (excluding diaryl/α,β-unsaturated/α-hetero) is 1. The van der Waals surface area contributed by atoms with Crippen molar-refractivity contribution in [2.75, 3.05) is 20.6 Å². The molecule has 3 rings (SSSR count). The zero-order valence-electron chi connectivity index (χ0n) is 13.9. The number of carbonyl (C=O) groups is 1. The number of imidazole rings is 1. The standard InChI is InChI=1S/C17H21N5O/c1-11(2)16(23)12-5-6-14-13(9-12)15-17(20-19-14)18-10-22(15)8-7-21(3)4/h5-6,9-11H,7-8H2,1-4H3. The molecule has 120 valence electrons. The van der Waals surface area contributed by atoms with E-state index in [-0.39, 0.29) is 11.7 Å². The van der Waals surface area contributed by atoms with Crippen LogP contribution in [0.2, 0.25) is 0 Å². The summed E-state index contributed by atoms with van der Waals surface area (Å²) in [6.45, 7) is 5.54. The molecule has 0 atom stereocenters. The number of ketones is 1. The first-order chi connectivity index (χ1) is 11.0. The molecule has 6 heteroatoms. The Morgan fingerprint density at radius 1 is 1.26 bits per heavy atom. The zero-order chi connectivity index (χ0) is 16.6. The lowest BCUT2D eigenvalue weighted by Gasteiger charge is -2.11. The normalized spacial score (nSPS) is 11.9. The second-order valence-corrected chi connectivity index (χ2v) is 6.36. The van der Waals surface area contributed by atoms with E-state index < -0.39 is 0 Å². The summed E-state index contributed by atoms with van der Waals surface area (Å²) in [6, 6.07) is 5.61. The highest BCUT2D eigenvalue weighted by molar-refractivity contribution is 6.06. The summed E-state index contributed by atoms with van der Waals surface area (Å²) in [5, 5.41) is 9.33. The van der Waals surface area contributed by atoms with Crippen molar-refractivity contribution >= 4 is 27.9 Å². The molecule has 6 nitrogen and oxygen atoms in total. The van der Waals surface area contributed by atoms with Gasteiger partial charge in [-0.05, 0) is 32.3 Å². The van der Waals surface area contributed by atoms with Gasteiger partial charge in [-0.3, -0.25) is 4.79 Å². The molecule has 0 aliphatic rings. The maximum Gasteiger partial charge on any atom is 0.200 e. The largest absolute Gasteiger partial charge is 0.327 e. The van der Waals surface area contributed by atoms with E-state index in [1.165, 1.54) is 0 Å². The van der Waals surface area contributed by atoms with E-state index in [4.69, 9.17) is 0 Å². The number of hydrogen-bond donors (Lipinski definition) is 0. The molecule has 0 saturated carbocycles. The maximum atomic E-state index is 12.3. The fourth-order valence-corrected chi connectivity index (χ4v) is 2.60. The van der Waals surface area contributed by atoms with Gasteiger partial charge in [0.15, 0.2) is 5.78 Å². The summed E-state index contributed by atoms with van der Waals surface area (Å²) < 4.78 is 2.08. The lowest BCUT2D eigenvalue weighted by molar-refractivity contribution is 0.0939. The van der Waals surface area contributed by atoms with Crippen LogP contribution in [-0.4, -0.2) is 51.1 Å². The Balaban J connectivity index is 2.17. The summed E-state index contributed by atoms with van der Waals surface area (Å²) in [4.78, 5) is 18.8. The third-order valence-corrected chi connectivity index (χ3v) is 3.92. The first kappa shape index (κ1) is 15.6. The van der Waals surface area contributed by atoms with E-state index in [1.807, 2.05) is 46.1 Å². The van der Waals surface area contributed by atoms with Gasteiger partial charge >= 0.3 is 0 Å². The van der Waals surface area contributed by atoms with Crippen molar-refractivity contribution in [1.29, 1.82) is 0 Å². The van der Waals surface area contributed by atoms with E-state index in [0.29, 0.717) is 11.2 Å². The lowest BCUT2D eigenvalue weighted by atomic mass is 9.99. The van der Waals surface area contributed by atoms with Gasteiger partial charge in [0.2, 0.25) is 5.65 Å². The van der Waals surface area contributed by atoms with Crippen LogP contribution in [0.1, 0.15) is 24.2 Å². The molecule has 0 amide bonds. The Labute approximate surface area is 135 Å². The van der Waals surface area contributed by atoms with Crippen molar-refractivity contribution in [1.82, 2.24) is 24.6 Å². The molecule has 1 aromatic carbocycles. The SMILES string of the molecule is CC(C)C(=O)c1ccc2nnc3ncn(CCN(C)C)c3c2c1. The highest BCUT2D eigenvalue weighted by atomic mass is 16.1. The van der Waals surface area contributed by atoms with E-state index in [2.05, 4.69) is 24.6 Å². The molecule has 0 unspecified atom stereocenters. The van der Waals surface area contributed by atoms with Crippen LogP contribution in [0.4, 0.5) is 0 Å².